The van der Waals surface area contributed by atoms with Crippen molar-refractivity contribution < 1.29 is 4.74 Å². The molecule has 0 aliphatic carbocycles. The van der Waals surface area contributed by atoms with Crippen LogP contribution in [-0.2, 0) is 17.8 Å². The molecule has 4 nitrogen and oxygen atoms in total. The molecule has 0 spiro atoms. The lowest BCUT2D eigenvalue weighted by Gasteiger charge is -2.28. The van der Waals surface area contributed by atoms with Crippen molar-refractivity contribution in [2.75, 3.05) is 0 Å². The summed E-state index contributed by atoms with van der Waals surface area (Å²) in [7, 11) is 0. The highest BCUT2D eigenvalue weighted by atomic mass is 16.5. The molecule has 124 valence electrons. The number of aromatic nitrogens is 2. The highest BCUT2D eigenvalue weighted by Gasteiger charge is 2.45. The number of rotatable bonds is 5. The first-order valence-electron chi connectivity index (χ1n) is 8.31. The summed E-state index contributed by atoms with van der Waals surface area (Å²) in [4.78, 5) is 4.08. The number of ether oxygens (including phenoxy) is 1. The Hall–Kier alpha value is -1.65. The number of hydrogen-bond donors (Lipinski definition) is 1. The van der Waals surface area contributed by atoms with Gasteiger partial charge in [-0.15, -0.1) is 0 Å². The third-order valence-corrected chi connectivity index (χ3v) is 4.57. The highest BCUT2D eigenvalue weighted by Crippen LogP contribution is 2.37. The predicted octanol–water partition coefficient (Wildman–Crippen LogP) is 3.37. The summed E-state index contributed by atoms with van der Waals surface area (Å²) >= 11 is 0. The van der Waals surface area contributed by atoms with Crippen molar-refractivity contribution in [2.45, 2.75) is 64.4 Å². The molecular weight excluding hydrogens is 286 g/mol. The maximum absolute atomic E-state index is 6.14. The molecule has 23 heavy (non-hydrogen) atoms. The molecule has 1 aromatic carbocycles. The summed E-state index contributed by atoms with van der Waals surface area (Å²) in [6.07, 6.45) is 6.68. The molecule has 1 fully saturated rings. The van der Waals surface area contributed by atoms with Crippen molar-refractivity contribution in [3.8, 4) is 0 Å². The molecule has 1 atom stereocenters. The second-order valence-electron chi connectivity index (χ2n) is 7.65. The molecule has 1 aromatic heterocycles. The van der Waals surface area contributed by atoms with E-state index in [1.54, 1.807) is 0 Å². The predicted molar refractivity (Wildman–Crippen MR) is 92.3 cm³/mol. The monoisotopic (exact) mass is 313 g/mol. The first-order valence-corrected chi connectivity index (χ1v) is 8.31. The first kappa shape index (κ1) is 16.2. The molecule has 0 amide bonds. The van der Waals surface area contributed by atoms with Gasteiger partial charge in [-0.05, 0) is 45.2 Å². The Labute approximate surface area is 138 Å². The van der Waals surface area contributed by atoms with E-state index in [1.165, 1.54) is 11.1 Å². The van der Waals surface area contributed by atoms with E-state index >= 15 is 0 Å². The van der Waals surface area contributed by atoms with Crippen molar-refractivity contribution >= 4 is 0 Å². The molecule has 1 N–H and O–H groups in total. The summed E-state index contributed by atoms with van der Waals surface area (Å²) < 4.78 is 8.22. The molecule has 2 aromatic rings. The molecule has 4 heteroatoms. The van der Waals surface area contributed by atoms with E-state index in [0.717, 1.165) is 19.5 Å². The summed E-state index contributed by atoms with van der Waals surface area (Å²) in [6.45, 7) is 10.4. The van der Waals surface area contributed by atoms with Gasteiger partial charge in [0.1, 0.15) is 0 Å². The number of nitrogens with zero attached hydrogens (tertiary/aromatic N) is 2. The number of benzene rings is 1. The smallest absolute Gasteiger partial charge is 0.0949 e. The average Bonchev–Trinajstić information content (AvgIpc) is 3.03. The van der Waals surface area contributed by atoms with Crippen LogP contribution in [0.25, 0.3) is 0 Å². The minimum atomic E-state index is -0.120. The van der Waals surface area contributed by atoms with Crippen LogP contribution < -0.4 is 5.32 Å². The SMILES string of the molecule is CC1(C)C[C@@H](NCc2ccc(Cn3ccnc3)cc2)C(C)(C)O1. The van der Waals surface area contributed by atoms with Gasteiger partial charge in [0, 0.05) is 31.5 Å². The lowest BCUT2D eigenvalue weighted by molar-refractivity contribution is -0.0699. The van der Waals surface area contributed by atoms with Crippen LogP contribution in [0.2, 0.25) is 0 Å². The number of nitrogens with one attached hydrogen (secondary N) is 1. The highest BCUT2D eigenvalue weighted by molar-refractivity contribution is 5.23. The molecule has 1 aliphatic heterocycles. The fourth-order valence-electron chi connectivity index (χ4n) is 3.47. The molecule has 0 unspecified atom stereocenters. The van der Waals surface area contributed by atoms with Crippen molar-refractivity contribution in [1.82, 2.24) is 14.9 Å². The van der Waals surface area contributed by atoms with Crippen LogP contribution in [0.4, 0.5) is 0 Å². The van der Waals surface area contributed by atoms with Gasteiger partial charge in [-0.1, -0.05) is 24.3 Å². The van der Waals surface area contributed by atoms with E-state index in [0.29, 0.717) is 6.04 Å². The minimum absolute atomic E-state index is 0.0458. The van der Waals surface area contributed by atoms with Crippen molar-refractivity contribution in [3.05, 3.63) is 54.1 Å². The molecular formula is C19H27N3O. The summed E-state index contributed by atoms with van der Waals surface area (Å²) in [5.41, 5.74) is 2.43. The standard InChI is InChI=1S/C19H27N3O/c1-18(2)11-17(19(3,4)23-18)21-12-15-5-7-16(8-6-15)13-22-10-9-20-14-22/h5-10,14,17,21H,11-13H2,1-4H3/t17-/m1/s1. The topological polar surface area (TPSA) is 39.1 Å². The summed E-state index contributed by atoms with van der Waals surface area (Å²) in [6, 6.07) is 9.16. The third kappa shape index (κ3) is 4.01. The maximum Gasteiger partial charge on any atom is 0.0949 e. The van der Waals surface area contributed by atoms with Crippen molar-refractivity contribution in [2.24, 2.45) is 0 Å². The molecule has 0 saturated carbocycles. The minimum Gasteiger partial charge on any atom is -0.368 e. The second kappa shape index (κ2) is 6.10. The fraction of sp³-hybridized carbons (Fsp3) is 0.526. The van der Waals surface area contributed by atoms with Gasteiger partial charge in [0.2, 0.25) is 0 Å². The lowest BCUT2D eigenvalue weighted by atomic mass is 9.94. The Bertz CT molecular complexity index is 629. The Kier molecular flexibility index (Phi) is 4.30. The average molecular weight is 313 g/mol. The van der Waals surface area contributed by atoms with Gasteiger partial charge in [-0.3, -0.25) is 0 Å². The van der Waals surface area contributed by atoms with Gasteiger partial charge >= 0.3 is 0 Å². The number of hydrogen-bond acceptors (Lipinski definition) is 3. The van der Waals surface area contributed by atoms with E-state index in [4.69, 9.17) is 4.74 Å². The van der Waals surface area contributed by atoms with Gasteiger partial charge in [0.05, 0.1) is 17.5 Å². The van der Waals surface area contributed by atoms with E-state index in [-0.39, 0.29) is 11.2 Å². The van der Waals surface area contributed by atoms with Crippen LogP contribution in [0.3, 0.4) is 0 Å². The van der Waals surface area contributed by atoms with Crippen LogP contribution in [0.5, 0.6) is 0 Å². The molecule has 0 bridgehead atoms. The van der Waals surface area contributed by atoms with Crippen LogP contribution in [0.15, 0.2) is 43.0 Å². The largest absolute Gasteiger partial charge is 0.368 e. The van der Waals surface area contributed by atoms with Crippen LogP contribution in [0.1, 0.15) is 45.2 Å². The van der Waals surface area contributed by atoms with E-state index in [2.05, 4.69) is 66.8 Å². The van der Waals surface area contributed by atoms with Crippen LogP contribution in [-0.4, -0.2) is 26.8 Å². The molecule has 1 saturated heterocycles. The molecule has 2 heterocycles. The van der Waals surface area contributed by atoms with Gasteiger partial charge in [0.25, 0.3) is 0 Å². The zero-order valence-electron chi connectivity index (χ0n) is 14.5. The molecule has 3 rings (SSSR count). The molecule has 0 radical (unpaired) electrons. The Morgan fingerprint density at radius 1 is 1.17 bits per heavy atom. The Morgan fingerprint density at radius 3 is 2.43 bits per heavy atom. The van der Waals surface area contributed by atoms with Gasteiger partial charge < -0.3 is 14.6 Å². The van der Waals surface area contributed by atoms with Gasteiger partial charge in [-0.25, -0.2) is 4.98 Å². The Balaban J connectivity index is 1.57. The van der Waals surface area contributed by atoms with Crippen molar-refractivity contribution in [3.63, 3.8) is 0 Å². The van der Waals surface area contributed by atoms with E-state index < -0.39 is 0 Å². The Morgan fingerprint density at radius 2 is 1.87 bits per heavy atom. The van der Waals surface area contributed by atoms with Crippen LogP contribution >= 0.6 is 0 Å². The summed E-state index contributed by atoms with van der Waals surface area (Å²) in [5.74, 6) is 0. The normalized spacial score (nSPS) is 22.3. The lowest BCUT2D eigenvalue weighted by Crippen LogP contribution is -2.42. The third-order valence-electron chi connectivity index (χ3n) is 4.57. The zero-order chi connectivity index (χ0) is 16.5. The maximum atomic E-state index is 6.14. The molecule has 1 aliphatic rings. The second-order valence-corrected chi connectivity index (χ2v) is 7.65. The van der Waals surface area contributed by atoms with E-state index in [9.17, 15) is 0 Å². The van der Waals surface area contributed by atoms with Gasteiger partial charge in [-0.2, -0.15) is 0 Å². The first-order chi connectivity index (χ1) is 10.8. The van der Waals surface area contributed by atoms with Gasteiger partial charge in [0.15, 0.2) is 0 Å². The fourth-order valence-corrected chi connectivity index (χ4v) is 3.47. The zero-order valence-corrected chi connectivity index (χ0v) is 14.5. The van der Waals surface area contributed by atoms with Crippen molar-refractivity contribution in [1.29, 1.82) is 0 Å². The number of imidazole rings is 1. The van der Waals surface area contributed by atoms with Crippen LogP contribution in [0, 0.1) is 0 Å². The quantitative estimate of drug-likeness (QED) is 0.920. The van der Waals surface area contributed by atoms with E-state index in [1.807, 2.05) is 18.7 Å². The summed E-state index contributed by atoms with van der Waals surface area (Å²) in [5, 5.41) is 3.67.